The van der Waals surface area contributed by atoms with Crippen LogP contribution in [0.5, 0.6) is 0 Å². The fourth-order valence-electron chi connectivity index (χ4n) is 4.08. The molecule has 0 aromatic rings. The van der Waals surface area contributed by atoms with Crippen molar-refractivity contribution in [3.8, 4) is 0 Å². The van der Waals surface area contributed by atoms with Gasteiger partial charge in [-0.2, -0.15) is 13.2 Å². The standard InChI is InChI=1S/C19H29F3N4O5/c1-3-18(31,19(20,21)22)24-16(29)14-7-5-9-26(14)17(30)12(23)10-15(28)13-6-4-8-25(13)11(2)27/h12-14,31H,3-10,23H2,1-2H3,(H,24,29)/t12-,13-,14-,18?/m0/s1. The van der Waals surface area contributed by atoms with Gasteiger partial charge in [-0.1, -0.05) is 6.92 Å². The van der Waals surface area contributed by atoms with Crippen LogP contribution in [0.25, 0.3) is 0 Å². The van der Waals surface area contributed by atoms with Gasteiger partial charge in [-0.25, -0.2) is 0 Å². The highest BCUT2D eigenvalue weighted by Crippen LogP contribution is 2.31. The Labute approximate surface area is 178 Å². The number of aliphatic hydroxyl groups is 1. The molecule has 31 heavy (non-hydrogen) atoms. The molecule has 0 aromatic heterocycles. The Morgan fingerprint density at radius 3 is 2.16 bits per heavy atom. The van der Waals surface area contributed by atoms with Crippen molar-refractivity contribution in [2.24, 2.45) is 5.73 Å². The molecule has 0 radical (unpaired) electrons. The summed E-state index contributed by atoms with van der Waals surface area (Å²) in [4.78, 5) is 51.9. The highest BCUT2D eigenvalue weighted by Gasteiger charge is 2.54. The lowest BCUT2D eigenvalue weighted by atomic mass is 10.0. The molecule has 1 unspecified atom stereocenters. The first-order valence-electron chi connectivity index (χ1n) is 10.3. The monoisotopic (exact) mass is 450 g/mol. The number of nitrogens with one attached hydrogen (secondary N) is 1. The van der Waals surface area contributed by atoms with Gasteiger partial charge in [-0.3, -0.25) is 19.2 Å². The number of carbonyl (C=O) groups is 4. The first-order valence-corrected chi connectivity index (χ1v) is 10.3. The molecule has 2 aliphatic heterocycles. The quantitative estimate of drug-likeness (QED) is 0.470. The highest BCUT2D eigenvalue weighted by molar-refractivity contribution is 5.95. The molecule has 3 amide bonds. The van der Waals surface area contributed by atoms with Crippen LogP contribution in [0.15, 0.2) is 0 Å². The van der Waals surface area contributed by atoms with Gasteiger partial charge in [-0.05, 0) is 25.7 Å². The fraction of sp³-hybridized carbons (Fsp3) is 0.789. The predicted molar refractivity (Wildman–Crippen MR) is 102 cm³/mol. The van der Waals surface area contributed by atoms with Gasteiger partial charge in [0.1, 0.15) is 6.04 Å². The number of hydrogen-bond acceptors (Lipinski definition) is 6. The molecule has 2 fully saturated rings. The van der Waals surface area contributed by atoms with Crippen LogP contribution < -0.4 is 11.1 Å². The summed E-state index contributed by atoms with van der Waals surface area (Å²) < 4.78 is 39.3. The molecule has 9 nitrogen and oxygen atoms in total. The summed E-state index contributed by atoms with van der Waals surface area (Å²) in [6, 6.07) is -3.17. The second-order valence-electron chi connectivity index (χ2n) is 8.04. The van der Waals surface area contributed by atoms with Crippen LogP contribution in [0.3, 0.4) is 0 Å². The highest BCUT2D eigenvalue weighted by atomic mass is 19.4. The number of hydrogen-bond donors (Lipinski definition) is 3. The molecule has 0 bridgehead atoms. The van der Waals surface area contributed by atoms with Gasteiger partial charge in [0.25, 0.3) is 0 Å². The number of Topliss-reactive ketones (excluding diaryl/α,β-unsaturated/α-hetero) is 1. The maximum absolute atomic E-state index is 13.1. The summed E-state index contributed by atoms with van der Waals surface area (Å²) in [6.07, 6.45) is -4.63. The summed E-state index contributed by atoms with van der Waals surface area (Å²) in [7, 11) is 0. The molecule has 2 heterocycles. The van der Waals surface area contributed by atoms with Crippen molar-refractivity contribution < 1.29 is 37.5 Å². The zero-order valence-corrected chi connectivity index (χ0v) is 17.6. The Balaban J connectivity index is 2.04. The number of halogens is 3. The van der Waals surface area contributed by atoms with Crippen LogP contribution in [0.4, 0.5) is 13.2 Å². The van der Waals surface area contributed by atoms with Gasteiger partial charge in [0.15, 0.2) is 5.78 Å². The number of nitrogens with zero attached hydrogens (tertiary/aromatic N) is 2. The minimum Gasteiger partial charge on any atom is -0.363 e. The molecule has 4 N–H and O–H groups in total. The Kier molecular flexibility index (Phi) is 7.69. The Morgan fingerprint density at radius 2 is 1.65 bits per heavy atom. The molecular weight excluding hydrogens is 421 g/mol. The lowest BCUT2D eigenvalue weighted by Gasteiger charge is -2.33. The number of nitrogens with two attached hydrogens (primary N) is 1. The minimum absolute atomic E-state index is 0.0956. The number of amides is 3. The summed E-state index contributed by atoms with van der Waals surface area (Å²) >= 11 is 0. The van der Waals surface area contributed by atoms with E-state index in [1.54, 1.807) is 5.32 Å². The third-order valence-corrected chi connectivity index (χ3v) is 5.92. The topological polar surface area (TPSA) is 133 Å². The van der Waals surface area contributed by atoms with E-state index in [-0.39, 0.29) is 31.1 Å². The van der Waals surface area contributed by atoms with Crippen LogP contribution in [0, 0.1) is 0 Å². The molecule has 2 aliphatic rings. The van der Waals surface area contributed by atoms with Crippen LogP contribution in [-0.4, -0.2) is 81.5 Å². The average Bonchev–Trinajstić information content (AvgIpc) is 3.35. The van der Waals surface area contributed by atoms with Crippen molar-refractivity contribution in [1.29, 1.82) is 0 Å². The molecule has 0 aromatic carbocycles. The minimum atomic E-state index is -5.09. The zero-order valence-electron chi connectivity index (χ0n) is 17.6. The second-order valence-corrected chi connectivity index (χ2v) is 8.04. The Bertz CT molecular complexity index is 732. The molecule has 2 saturated heterocycles. The van der Waals surface area contributed by atoms with Crippen LogP contribution >= 0.6 is 0 Å². The summed E-state index contributed by atoms with van der Waals surface area (Å²) in [6.45, 7) is 2.96. The molecule has 4 atom stereocenters. The van der Waals surface area contributed by atoms with Crippen molar-refractivity contribution in [3.05, 3.63) is 0 Å². The number of rotatable bonds is 7. The molecule has 0 saturated carbocycles. The van der Waals surface area contributed by atoms with Crippen molar-refractivity contribution >= 4 is 23.5 Å². The van der Waals surface area contributed by atoms with Crippen LogP contribution in [0.1, 0.15) is 52.4 Å². The number of carbonyl (C=O) groups excluding carboxylic acids is 4. The zero-order chi connectivity index (χ0) is 23.6. The first kappa shape index (κ1) is 25.1. The van der Waals surface area contributed by atoms with Gasteiger partial charge in [0.2, 0.25) is 23.4 Å². The summed E-state index contributed by atoms with van der Waals surface area (Å²) in [5, 5.41) is 11.4. The maximum atomic E-state index is 13.1. The van der Waals surface area contributed by atoms with E-state index in [9.17, 15) is 37.5 Å². The lowest BCUT2D eigenvalue weighted by molar-refractivity contribution is -0.272. The molecular formula is C19H29F3N4O5. The van der Waals surface area contributed by atoms with E-state index in [1.807, 2.05) is 0 Å². The van der Waals surface area contributed by atoms with E-state index in [1.165, 1.54) is 11.8 Å². The lowest BCUT2D eigenvalue weighted by Crippen LogP contribution is -2.62. The maximum Gasteiger partial charge on any atom is 0.436 e. The normalized spacial score (nSPS) is 24.6. The van der Waals surface area contributed by atoms with Gasteiger partial charge >= 0.3 is 6.18 Å². The third-order valence-electron chi connectivity index (χ3n) is 5.92. The molecule has 0 spiro atoms. The molecule has 0 aliphatic carbocycles. The van der Waals surface area contributed by atoms with Crippen molar-refractivity contribution in [2.45, 2.75) is 82.4 Å². The summed E-state index contributed by atoms with van der Waals surface area (Å²) in [5.41, 5.74) is 2.49. The van der Waals surface area contributed by atoms with Gasteiger partial charge < -0.3 is 26.0 Å². The van der Waals surface area contributed by atoms with Gasteiger partial charge in [0, 0.05) is 32.9 Å². The third kappa shape index (κ3) is 5.35. The van der Waals surface area contributed by atoms with Gasteiger partial charge in [0.05, 0.1) is 12.1 Å². The Hall–Kier alpha value is -2.21. The molecule has 176 valence electrons. The number of ketones is 1. The SMILES string of the molecule is CCC(O)(NC(=O)[C@@H]1CCCN1C(=O)[C@@H](N)CC(=O)[C@@H]1CCCN1C(C)=O)C(F)(F)F. The van der Waals surface area contributed by atoms with E-state index >= 15 is 0 Å². The molecule has 12 heteroatoms. The van der Waals surface area contributed by atoms with E-state index in [0.29, 0.717) is 25.8 Å². The van der Waals surface area contributed by atoms with Crippen molar-refractivity contribution in [3.63, 3.8) is 0 Å². The van der Waals surface area contributed by atoms with E-state index in [4.69, 9.17) is 5.73 Å². The molecule has 2 rings (SSSR count). The number of likely N-dealkylation sites (tertiary alicyclic amines) is 2. The van der Waals surface area contributed by atoms with Crippen LogP contribution in [0.2, 0.25) is 0 Å². The average molecular weight is 450 g/mol. The van der Waals surface area contributed by atoms with E-state index in [2.05, 4.69) is 0 Å². The van der Waals surface area contributed by atoms with E-state index in [0.717, 1.165) is 11.8 Å². The van der Waals surface area contributed by atoms with E-state index < -0.39 is 48.3 Å². The second kappa shape index (κ2) is 9.51. The van der Waals surface area contributed by atoms with Gasteiger partial charge in [-0.15, -0.1) is 0 Å². The van der Waals surface area contributed by atoms with Crippen molar-refractivity contribution in [2.75, 3.05) is 13.1 Å². The van der Waals surface area contributed by atoms with Crippen LogP contribution in [-0.2, 0) is 19.2 Å². The van der Waals surface area contributed by atoms with Crippen molar-refractivity contribution in [1.82, 2.24) is 15.1 Å². The smallest absolute Gasteiger partial charge is 0.363 e. The fourth-order valence-corrected chi connectivity index (χ4v) is 4.08. The Morgan fingerprint density at radius 1 is 1.10 bits per heavy atom. The summed E-state index contributed by atoms with van der Waals surface area (Å²) in [5.74, 6) is -2.48. The number of alkyl halides is 3. The largest absolute Gasteiger partial charge is 0.436 e. The first-order chi connectivity index (χ1) is 14.3. The predicted octanol–water partition coefficient (Wildman–Crippen LogP) is 0.0519.